The third kappa shape index (κ3) is 4.19. The number of likely N-dealkylation sites (tertiary alicyclic amines) is 1. The fourth-order valence-electron chi connectivity index (χ4n) is 5.15. The van der Waals surface area contributed by atoms with Crippen LogP contribution in [0.4, 0.5) is 5.82 Å². The van der Waals surface area contributed by atoms with Crippen molar-refractivity contribution in [1.29, 1.82) is 0 Å². The molecular formula is C23H37N5. The van der Waals surface area contributed by atoms with E-state index in [1.54, 1.807) is 0 Å². The Morgan fingerprint density at radius 3 is 2.36 bits per heavy atom. The van der Waals surface area contributed by atoms with Gasteiger partial charge in [0.1, 0.15) is 5.82 Å². The van der Waals surface area contributed by atoms with Crippen molar-refractivity contribution in [2.75, 3.05) is 24.5 Å². The maximum Gasteiger partial charge on any atom is 0.160 e. The van der Waals surface area contributed by atoms with E-state index in [0.29, 0.717) is 0 Å². The van der Waals surface area contributed by atoms with Gasteiger partial charge in [0.05, 0.1) is 5.69 Å². The van der Waals surface area contributed by atoms with Crippen molar-refractivity contribution in [2.24, 2.45) is 7.05 Å². The second-order valence-corrected chi connectivity index (χ2v) is 8.98. The molecule has 0 bridgehead atoms. The van der Waals surface area contributed by atoms with Gasteiger partial charge < -0.3 is 4.90 Å². The molecule has 0 radical (unpaired) electrons. The molecule has 2 aliphatic heterocycles. The van der Waals surface area contributed by atoms with Crippen molar-refractivity contribution in [3.05, 3.63) is 17.8 Å². The van der Waals surface area contributed by atoms with Gasteiger partial charge in [0.25, 0.3) is 0 Å². The molecular weight excluding hydrogens is 346 g/mol. The second-order valence-electron chi connectivity index (χ2n) is 8.98. The molecule has 4 rings (SSSR count). The van der Waals surface area contributed by atoms with Crippen LogP contribution in [0.25, 0.3) is 11.0 Å². The van der Waals surface area contributed by atoms with E-state index in [9.17, 15) is 0 Å². The Bertz CT molecular complexity index is 765. The summed E-state index contributed by atoms with van der Waals surface area (Å²) in [5, 5.41) is 6.07. The van der Waals surface area contributed by atoms with Crippen LogP contribution in [0.5, 0.6) is 0 Å². The van der Waals surface area contributed by atoms with Gasteiger partial charge in [-0.3, -0.25) is 9.58 Å². The van der Waals surface area contributed by atoms with Crippen LogP contribution in [-0.2, 0) is 13.5 Å². The molecule has 5 nitrogen and oxygen atoms in total. The lowest BCUT2D eigenvalue weighted by molar-refractivity contribution is 0.211. The molecule has 2 aromatic heterocycles. The predicted octanol–water partition coefficient (Wildman–Crippen LogP) is 4.54. The summed E-state index contributed by atoms with van der Waals surface area (Å²) in [6, 6.07) is 5.95. The lowest BCUT2D eigenvalue weighted by Gasteiger charge is -2.26. The van der Waals surface area contributed by atoms with Crippen LogP contribution in [0.3, 0.4) is 0 Å². The summed E-state index contributed by atoms with van der Waals surface area (Å²) < 4.78 is 1.99. The van der Waals surface area contributed by atoms with Crippen LogP contribution in [0.1, 0.15) is 70.9 Å². The van der Waals surface area contributed by atoms with E-state index in [1.807, 2.05) is 11.7 Å². The van der Waals surface area contributed by atoms with Gasteiger partial charge in [-0.1, -0.05) is 19.3 Å². The molecule has 2 aromatic rings. The summed E-state index contributed by atoms with van der Waals surface area (Å²) in [5.74, 6) is 1.13. The molecule has 2 atom stereocenters. The molecule has 2 saturated heterocycles. The van der Waals surface area contributed by atoms with Crippen molar-refractivity contribution < 1.29 is 0 Å². The molecule has 0 aliphatic carbocycles. The highest BCUT2D eigenvalue weighted by atomic mass is 15.3. The fourth-order valence-corrected chi connectivity index (χ4v) is 5.15. The zero-order chi connectivity index (χ0) is 19.5. The SMILES string of the molecule is CC1CCC(C)N1CCCc1nn(C)c2nc(N3CCCCCCC3)ccc12. The summed E-state index contributed by atoms with van der Waals surface area (Å²) in [6.07, 6.45) is 11.6. The first kappa shape index (κ1) is 19.7. The van der Waals surface area contributed by atoms with E-state index in [1.165, 1.54) is 69.0 Å². The minimum atomic E-state index is 0.734. The quantitative estimate of drug-likeness (QED) is 0.759. The maximum atomic E-state index is 5.02. The monoisotopic (exact) mass is 383 g/mol. The number of aryl methyl sites for hydroxylation is 2. The Hall–Kier alpha value is -1.62. The van der Waals surface area contributed by atoms with Gasteiger partial charge >= 0.3 is 0 Å². The minimum Gasteiger partial charge on any atom is -0.357 e. The number of hydrogen-bond donors (Lipinski definition) is 0. The van der Waals surface area contributed by atoms with Crippen molar-refractivity contribution in [3.8, 4) is 0 Å². The standard InChI is InChI=1S/C23H37N5/c1-18-11-12-19(2)28(18)17-9-10-21-20-13-14-22(24-23(20)26(3)25-21)27-15-7-5-4-6-8-16-27/h13-14,18-19H,4-12,15-17H2,1-3H3. The van der Waals surface area contributed by atoms with E-state index >= 15 is 0 Å². The van der Waals surface area contributed by atoms with E-state index in [2.05, 4.69) is 35.8 Å². The van der Waals surface area contributed by atoms with Crippen molar-refractivity contribution in [3.63, 3.8) is 0 Å². The van der Waals surface area contributed by atoms with Crippen molar-refractivity contribution >= 4 is 16.9 Å². The summed E-state index contributed by atoms with van der Waals surface area (Å²) in [7, 11) is 2.04. The number of rotatable bonds is 5. The zero-order valence-electron chi connectivity index (χ0n) is 18.0. The molecule has 0 saturated carbocycles. The van der Waals surface area contributed by atoms with Crippen LogP contribution in [0.2, 0.25) is 0 Å². The highest BCUT2D eigenvalue weighted by molar-refractivity contribution is 5.80. The Kier molecular flexibility index (Phi) is 6.19. The normalized spacial score (nSPS) is 24.6. The van der Waals surface area contributed by atoms with Gasteiger partial charge in [0.15, 0.2) is 5.65 Å². The maximum absolute atomic E-state index is 5.02. The average Bonchev–Trinajstić information content (AvgIpc) is 3.15. The minimum absolute atomic E-state index is 0.734. The summed E-state index contributed by atoms with van der Waals surface area (Å²) >= 11 is 0. The van der Waals surface area contributed by atoms with Crippen molar-refractivity contribution in [1.82, 2.24) is 19.7 Å². The number of pyridine rings is 1. The summed E-state index contributed by atoms with van der Waals surface area (Å²) in [4.78, 5) is 10.2. The first-order chi connectivity index (χ1) is 13.6. The summed E-state index contributed by atoms with van der Waals surface area (Å²) in [6.45, 7) is 8.19. The molecule has 2 unspecified atom stereocenters. The average molecular weight is 384 g/mol. The number of aromatic nitrogens is 3. The third-order valence-electron chi connectivity index (χ3n) is 6.89. The van der Waals surface area contributed by atoms with Crippen LogP contribution >= 0.6 is 0 Å². The topological polar surface area (TPSA) is 37.2 Å². The molecule has 28 heavy (non-hydrogen) atoms. The van der Waals surface area contributed by atoms with Crippen LogP contribution in [-0.4, -0.2) is 51.4 Å². The Balaban J connectivity index is 1.45. The predicted molar refractivity (Wildman–Crippen MR) is 117 cm³/mol. The van der Waals surface area contributed by atoms with E-state index < -0.39 is 0 Å². The largest absolute Gasteiger partial charge is 0.357 e. The first-order valence-corrected chi connectivity index (χ1v) is 11.5. The molecule has 5 heteroatoms. The Labute approximate surface area is 170 Å². The van der Waals surface area contributed by atoms with Gasteiger partial charge in [-0.2, -0.15) is 5.10 Å². The molecule has 0 spiro atoms. The molecule has 2 aliphatic rings. The third-order valence-corrected chi connectivity index (χ3v) is 6.89. The summed E-state index contributed by atoms with van der Waals surface area (Å²) in [5.41, 5.74) is 2.25. The number of hydrogen-bond acceptors (Lipinski definition) is 4. The highest BCUT2D eigenvalue weighted by Gasteiger charge is 2.26. The molecule has 154 valence electrons. The lowest BCUT2D eigenvalue weighted by Crippen LogP contribution is -2.33. The van der Waals surface area contributed by atoms with Gasteiger partial charge in [0.2, 0.25) is 0 Å². The molecule has 0 aromatic carbocycles. The zero-order valence-corrected chi connectivity index (χ0v) is 18.0. The lowest BCUT2D eigenvalue weighted by atomic mass is 10.1. The fraction of sp³-hybridized carbons (Fsp3) is 0.739. The Morgan fingerprint density at radius 1 is 0.964 bits per heavy atom. The number of nitrogens with zero attached hydrogens (tertiary/aromatic N) is 5. The molecule has 0 amide bonds. The van der Waals surface area contributed by atoms with Crippen LogP contribution in [0.15, 0.2) is 12.1 Å². The molecule has 0 N–H and O–H groups in total. The van der Waals surface area contributed by atoms with Gasteiger partial charge in [-0.05, 0) is 71.0 Å². The first-order valence-electron chi connectivity index (χ1n) is 11.5. The smallest absolute Gasteiger partial charge is 0.160 e. The Morgan fingerprint density at radius 2 is 1.64 bits per heavy atom. The second kappa shape index (κ2) is 8.81. The van der Waals surface area contributed by atoms with E-state index in [4.69, 9.17) is 10.1 Å². The van der Waals surface area contributed by atoms with Gasteiger partial charge in [-0.15, -0.1) is 0 Å². The number of fused-ring (bicyclic) bond motifs is 1. The van der Waals surface area contributed by atoms with Crippen LogP contribution in [0, 0.1) is 0 Å². The van der Waals surface area contributed by atoms with Gasteiger partial charge in [0, 0.05) is 37.6 Å². The molecule has 4 heterocycles. The van der Waals surface area contributed by atoms with Gasteiger partial charge in [-0.25, -0.2) is 4.98 Å². The number of anilines is 1. The molecule has 2 fully saturated rings. The highest BCUT2D eigenvalue weighted by Crippen LogP contribution is 2.26. The van der Waals surface area contributed by atoms with E-state index in [0.717, 1.165) is 43.1 Å². The van der Waals surface area contributed by atoms with Crippen LogP contribution < -0.4 is 4.90 Å². The van der Waals surface area contributed by atoms with Crippen molar-refractivity contribution in [2.45, 2.75) is 83.7 Å². The van der Waals surface area contributed by atoms with E-state index in [-0.39, 0.29) is 0 Å².